The van der Waals surface area contributed by atoms with Crippen LogP contribution in [0.1, 0.15) is 31.1 Å². The Kier molecular flexibility index (Phi) is 3.91. The van der Waals surface area contributed by atoms with E-state index in [1.165, 1.54) is 5.56 Å². The van der Waals surface area contributed by atoms with Crippen LogP contribution >= 0.6 is 11.6 Å². The van der Waals surface area contributed by atoms with Crippen molar-refractivity contribution < 1.29 is 23.7 Å². The molecular formula is C17H21ClO5. The Labute approximate surface area is 140 Å². The van der Waals surface area contributed by atoms with Gasteiger partial charge in [-0.1, -0.05) is 17.7 Å². The van der Waals surface area contributed by atoms with E-state index >= 15 is 0 Å². The predicted octanol–water partition coefficient (Wildman–Crippen LogP) is 2.85. The average molecular weight is 341 g/mol. The monoisotopic (exact) mass is 340 g/mol. The first-order valence-electron chi connectivity index (χ1n) is 7.92. The second-order valence-electron chi connectivity index (χ2n) is 6.65. The lowest BCUT2D eigenvalue weighted by Crippen LogP contribution is -2.37. The average Bonchev–Trinajstić information content (AvgIpc) is 2.99. The van der Waals surface area contributed by atoms with E-state index in [4.69, 9.17) is 35.3 Å². The molecule has 2 saturated heterocycles. The zero-order valence-electron chi connectivity index (χ0n) is 13.5. The van der Waals surface area contributed by atoms with E-state index in [2.05, 4.69) is 0 Å². The van der Waals surface area contributed by atoms with Crippen LogP contribution in [0.3, 0.4) is 0 Å². The molecule has 23 heavy (non-hydrogen) atoms. The fourth-order valence-corrected chi connectivity index (χ4v) is 3.95. The van der Waals surface area contributed by atoms with Gasteiger partial charge in [0.05, 0.1) is 6.61 Å². The number of hydrogen-bond acceptors (Lipinski definition) is 5. The van der Waals surface area contributed by atoms with Crippen molar-refractivity contribution in [2.45, 2.75) is 56.8 Å². The van der Waals surface area contributed by atoms with Crippen molar-refractivity contribution in [1.29, 1.82) is 0 Å². The second kappa shape index (κ2) is 5.69. The molecule has 1 aromatic rings. The molecule has 2 fully saturated rings. The van der Waals surface area contributed by atoms with Gasteiger partial charge in [0, 0.05) is 12.1 Å². The summed E-state index contributed by atoms with van der Waals surface area (Å²) in [7, 11) is 1.62. The molecule has 3 heterocycles. The Hall–Kier alpha value is -0.690. The zero-order valence-corrected chi connectivity index (χ0v) is 14.2. The molecule has 1 aromatic carbocycles. The summed E-state index contributed by atoms with van der Waals surface area (Å²) in [4.78, 5) is 0. The topological polar surface area (TPSA) is 46.2 Å². The van der Waals surface area contributed by atoms with Crippen LogP contribution in [0.15, 0.2) is 18.2 Å². The number of benzene rings is 1. The summed E-state index contributed by atoms with van der Waals surface area (Å²) in [6.45, 7) is 4.45. The summed E-state index contributed by atoms with van der Waals surface area (Å²) in [5.41, 5.74) is 2.31. The van der Waals surface area contributed by atoms with Gasteiger partial charge in [0.25, 0.3) is 0 Å². The number of fused-ring (bicyclic) bond motifs is 2. The van der Waals surface area contributed by atoms with Gasteiger partial charge in [-0.2, -0.15) is 0 Å². The predicted molar refractivity (Wildman–Crippen MR) is 83.3 cm³/mol. The standard InChI is InChI=1S/C17H21ClO5/c1-17(2)22-14-13(21-16(19-3)15(14)23-17)12-11-5-4-10(18)8-9(11)6-7-20-12/h4-5,8,12-16H,6-7H2,1-3H3/t12-,13-,14-,15-,16-/m1/s1. The molecule has 0 radical (unpaired) electrons. The lowest BCUT2D eigenvalue weighted by atomic mass is 9.92. The van der Waals surface area contributed by atoms with Gasteiger partial charge in [-0.05, 0) is 43.5 Å². The SMILES string of the molecule is CO[C@@H]1O[C@H]([C@@H]2OCCc3cc(Cl)ccc32)[C@H]2OC(C)(C)O[C@@H]12. The third kappa shape index (κ3) is 2.69. The highest BCUT2D eigenvalue weighted by atomic mass is 35.5. The van der Waals surface area contributed by atoms with Gasteiger partial charge >= 0.3 is 0 Å². The van der Waals surface area contributed by atoms with Gasteiger partial charge in [0.1, 0.15) is 24.4 Å². The normalized spacial score (nSPS) is 38.3. The highest BCUT2D eigenvalue weighted by Gasteiger charge is 2.58. The molecule has 0 N–H and O–H groups in total. The van der Waals surface area contributed by atoms with Crippen LogP contribution in [0.2, 0.25) is 5.02 Å². The lowest BCUT2D eigenvalue weighted by Gasteiger charge is -2.33. The van der Waals surface area contributed by atoms with Crippen molar-refractivity contribution in [2.75, 3.05) is 13.7 Å². The third-order valence-electron chi connectivity index (χ3n) is 4.66. The first-order valence-corrected chi connectivity index (χ1v) is 8.30. The minimum atomic E-state index is -0.647. The molecule has 0 saturated carbocycles. The van der Waals surface area contributed by atoms with Gasteiger partial charge in [-0.15, -0.1) is 0 Å². The number of methoxy groups -OCH3 is 1. The van der Waals surface area contributed by atoms with Crippen LogP contribution in [0, 0.1) is 0 Å². The van der Waals surface area contributed by atoms with Crippen LogP contribution in [-0.4, -0.2) is 44.1 Å². The Morgan fingerprint density at radius 3 is 2.74 bits per heavy atom. The molecule has 4 rings (SSSR count). The molecule has 6 heteroatoms. The van der Waals surface area contributed by atoms with Crippen molar-refractivity contribution in [1.82, 2.24) is 0 Å². The minimum absolute atomic E-state index is 0.207. The summed E-state index contributed by atoms with van der Waals surface area (Å²) in [6.07, 6.45) is -0.548. The molecule has 0 amide bonds. The Morgan fingerprint density at radius 2 is 1.96 bits per heavy atom. The van der Waals surface area contributed by atoms with E-state index in [1.54, 1.807) is 7.11 Å². The maximum Gasteiger partial charge on any atom is 0.186 e. The van der Waals surface area contributed by atoms with Crippen molar-refractivity contribution in [3.05, 3.63) is 34.3 Å². The maximum absolute atomic E-state index is 6.12. The fourth-order valence-electron chi connectivity index (χ4n) is 3.75. The molecular weight excluding hydrogens is 320 g/mol. The molecule has 3 aliphatic heterocycles. The molecule has 0 aliphatic carbocycles. The van der Waals surface area contributed by atoms with Gasteiger partial charge < -0.3 is 23.7 Å². The van der Waals surface area contributed by atoms with Gasteiger partial charge in [-0.25, -0.2) is 0 Å². The third-order valence-corrected chi connectivity index (χ3v) is 4.89. The maximum atomic E-state index is 6.12. The molecule has 126 valence electrons. The van der Waals surface area contributed by atoms with E-state index in [-0.39, 0.29) is 24.4 Å². The molecule has 3 aliphatic rings. The van der Waals surface area contributed by atoms with Crippen LogP contribution in [0.25, 0.3) is 0 Å². The van der Waals surface area contributed by atoms with E-state index in [0.717, 1.165) is 17.0 Å². The summed E-state index contributed by atoms with van der Waals surface area (Å²) >= 11 is 6.12. The number of halogens is 1. The Balaban J connectivity index is 1.66. The van der Waals surface area contributed by atoms with Gasteiger partial charge in [-0.3, -0.25) is 0 Å². The largest absolute Gasteiger partial charge is 0.370 e. The van der Waals surface area contributed by atoms with Gasteiger partial charge in [0.2, 0.25) is 0 Å². The molecule has 5 nitrogen and oxygen atoms in total. The number of rotatable bonds is 2. The van der Waals surface area contributed by atoms with Crippen molar-refractivity contribution in [2.24, 2.45) is 0 Å². The molecule has 0 aromatic heterocycles. The van der Waals surface area contributed by atoms with Crippen LogP contribution in [0.4, 0.5) is 0 Å². The van der Waals surface area contributed by atoms with Crippen LogP contribution in [-0.2, 0) is 30.1 Å². The molecule has 0 spiro atoms. The zero-order chi connectivity index (χ0) is 16.2. The summed E-state index contributed by atoms with van der Waals surface area (Å²) in [5, 5.41) is 0.742. The van der Waals surface area contributed by atoms with E-state index in [9.17, 15) is 0 Å². The highest BCUT2D eigenvalue weighted by Crippen LogP contribution is 2.45. The van der Waals surface area contributed by atoms with E-state index in [0.29, 0.717) is 6.61 Å². The fraction of sp³-hybridized carbons (Fsp3) is 0.647. The summed E-state index contributed by atoms with van der Waals surface area (Å²) < 4.78 is 29.6. The highest BCUT2D eigenvalue weighted by molar-refractivity contribution is 6.30. The molecule has 0 bridgehead atoms. The summed E-state index contributed by atoms with van der Waals surface area (Å²) in [6, 6.07) is 5.90. The number of ether oxygens (including phenoxy) is 5. The first-order chi connectivity index (χ1) is 11.0. The summed E-state index contributed by atoms with van der Waals surface area (Å²) in [5.74, 6) is -0.647. The van der Waals surface area contributed by atoms with Gasteiger partial charge in [0.15, 0.2) is 12.1 Å². The first kappa shape index (κ1) is 15.8. The van der Waals surface area contributed by atoms with Crippen molar-refractivity contribution >= 4 is 11.6 Å². The van der Waals surface area contributed by atoms with Crippen LogP contribution < -0.4 is 0 Å². The Bertz CT molecular complexity index is 605. The lowest BCUT2D eigenvalue weighted by molar-refractivity contribution is -0.241. The van der Waals surface area contributed by atoms with Crippen LogP contribution in [0.5, 0.6) is 0 Å². The van der Waals surface area contributed by atoms with Crippen molar-refractivity contribution in [3.63, 3.8) is 0 Å². The smallest absolute Gasteiger partial charge is 0.186 e. The number of hydrogen-bond donors (Lipinski definition) is 0. The van der Waals surface area contributed by atoms with E-state index in [1.807, 2.05) is 32.0 Å². The quantitative estimate of drug-likeness (QED) is 0.828. The second-order valence-corrected chi connectivity index (χ2v) is 7.09. The molecule has 0 unspecified atom stereocenters. The molecule has 5 atom stereocenters. The van der Waals surface area contributed by atoms with Crippen molar-refractivity contribution in [3.8, 4) is 0 Å². The van der Waals surface area contributed by atoms with E-state index < -0.39 is 12.1 Å². The Morgan fingerprint density at radius 1 is 1.17 bits per heavy atom. The minimum Gasteiger partial charge on any atom is -0.370 e.